The number of nitrogens with two attached hydrogens (primary N) is 1. The Bertz CT molecular complexity index is 574. The van der Waals surface area contributed by atoms with Crippen LogP contribution in [0.5, 0.6) is 0 Å². The Morgan fingerprint density at radius 1 is 1.42 bits per heavy atom. The standard InChI is InChI=1S/C13H19ClN2O2S/c1-9-3-4-11(14)7-13(9)19(17,18)16-6-5-12(15)10(2)8-16/h3-4,7,10,12H,5-6,8,15H2,1-2H3. The summed E-state index contributed by atoms with van der Waals surface area (Å²) in [5.41, 5.74) is 6.65. The summed E-state index contributed by atoms with van der Waals surface area (Å²) in [4.78, 5) is 0.294. The predicted octanol–water partition coefficient (Wildman–Crippen LogP) is 2.01. The average molecular weight is 303 g/mol. The van der Waals surface area contributed by atoms with Crippen molar-refractivity contribution in [2.75, 3.05) is 13.1 Å². The number of hydrogen-bond donors (Lipinski definition) is 1. The van der Waals surface area contributed by atoms with Crippen molar-refractivity contribution in [2.24, 2.45) is 11.7 Å². The van der Waals surface area contributed by atoms with E-state index in [1.54, 1.807) is 19.1 Å². The molecule has 0 radical (unpaired) electrons. The molecule has 2 rings (SSSR count). The van der Waals surface area contributed by atoms with Crippen LogP contribution in [0.1, 0.15) is 18.9 Å². The third kappa shape index (κ3) is 2.94. The second-order valence-corrected chi connectivity index (χ2v) is 7.55. The second-order valence-electron chi connectivity index (χ2n) is 5.20. The van der Waals surface area contributed by atoms with E-state index in [-0.39, 0.29) is 12.0 Å². The molecule has 1 aromatic rings. The molecule has 1 heterocycles. The molecule has 0 bridgehead atoms. The largest absolute Gasteiger partial charge is 0.327 e. The van der Waals surface area contributed by atoms with Gasteiger partial charge in [-0.25, -0.2) is 8.42 Å². The van der Waals surface area contributed by atoms with Gasteiger partial charge in [-0.3, -0.25) is 0 Å². The number of benzene rings is 1. The van der Waals surface area contributed by atoms with Gasteiger partial charge in [0.05, 0.1) is 4.90 Å². The van der Waals surface area contributed by atoms with Crippen molar-refractivity contribution in [3.63, 3.8) is 0 Å². The van der Waals surface area contributed by atoms with Gasteiger partial charge in [-0.2, -0.15) is 4.31 Å². The molecular weight excluding hydrogens is 284 g/mol. The van der Waals surface area contributed by atoms with E-state index < -0.39 is 10.0 Å². The molecule has 0 amide bonds. The molecule has 2 N–H and O–H groups in total. The zero-order valence-electron chi connectivity index (χ0n) is 11.1. The summed E-state index contributed by atoms with van der Waals surface area (Å²) >= 11 is 5.91. The molecule has 2 atom stereocenters. The Balaban J connectivity index is 2.35. The maximum atomic E-state index is 12.6. The zero-order chi connectivity index (χ0) is 14.2. The first-order valence-electron chi connectivity index (χ1n) is 6.34. The van der Waals surface area contributed by atoms with Crippen LogP contribution in [0, 0.1) is 12.8 Å². The van der Waals surface area contributed by atoms with E-state index in [4.69, 9.17) is 17.3 Å². The van der Waals surface area contributed by atoms with E-state index in [1.165, 1.54) is 10.4 Å². The second kappa shape index (κ2) is 5.40. The van der Waals surface area contributed by atoms with E-state index in [2.05, 4.69) is 0 Å². The molecular formula is C13H19ClN2O2S. The summed E-state index contributed by atoms with van der Waals surface area (Å²) in [7, 11) is -3.48. The predicted molar refractivity (Wildman–Crippen MR) is 76.7 cm³/mol. The van der Waals surface area contributed by atoms with Crippen molar-refractivity contribution in [3.8, 4) is 0 Å². The van der Waals surface area contributed by atoms with E-state index in [0.717, 1.165) is 0 Å². The monoisotopic (exact) mass is 302 g/mol. The van der Waals surface area contributed by atoms with Gasteiger partial charge in [-0.05, 0) is 37.0 Å². The fourth-order valence-corrected chi connectivity index (χ4v) is 4.38. The topological polar surface area (TPSA) is 63.4 Å². The normalized spacial score (nSPS) is 25.5. The maximum absolute atomic E-state index is 12.6. The van der Waals surface area contributed by atoms with Crippen molar-refractivity contribution >= 4 is 21.6 Å². The molecule has 4 nitrogen and oxygen atoms in total. The number of hydrogen-bond acceptors (Lipinski definition) is 3. The van der Waals surface area contributed by atoms with Crippen molar-refractivity contribution in [3.05, 3.63) is 28.8 Å². The van der Waals surface area contributed by atoms with E-state index in [9.17, 15) is 8.42 Å². The van der Waals surface area contributed by atoms with Crippen LogP contribution in [0.25, 0.3) is 0 Å². The Hall–Kier alpha value is -0.620. The number of nitrogens with zero attached hydrogens (tertiary/aromatic N) is 1. The first kappa shape index (κ1) is 14.8. The molecule has 1 saturated heterocycles. The van der Waals surface area contributed by atoms with Crippen LogP contribution < -0.4 is 5.73 Å². The fourth-order valence-electron chi connectivity index (χ4n) is 2.33. The minimum absolute atomic E-state index is 0.0758. The lowest BCUT2D eigenvalue weighted by Gasteiger charge is -2.34. The molecule has 106 valence electrons. The van der Waals surface area contributed by atoms with Gasteiger partial charge in [-0.1, -0.05) is 24.6 Å². The molecule has 1 aliphatic rings. The highest BCUT2D eigenvalue weighted by Gasteiger charge is 2.32. The summed E-state index contributed by atoms with van der Waals surface area (Å²) < 4.78 is 26.8. The van der Waals surface area contributed by atoms with E-state index >= 15 is 0 Å². The number of sulfonamides is 1. The van der Waals surface area contributed by atoms with Crippen LogP contribution in [0.4, 0.5) is 0 Å². The number of rotatable bonds is 2. The van der Waals surface area contributed by atoms with Crippen LogP contribution in [0.3, 0.4) is 0 Å². The van der Waals surface area contributed by atoms with Crippen molar-refractivity contribution in [1.29, 1.82) is 0 Å². The van der Waals surface area contributed by atoms with Crippen molar-refractivity contribution < 1.29 is 8.42 Å². The van der Waals surface area contributed by atoms with Crippen LogP contribution >= 0.6 is 11.6 Å². The fraction of sp³-hybridized carbons (Fsp3) is 0.538. The molecule has 1 fully saturated rings. The zero-order valence-corrected chi connectivity index (χ0v) is 12.7. The molecule has 1 aliphatic heterocycles. The van der Waals surface area contributed by atoms with Gasteiger partial charge in [0, 0.05) is 24.2 Å². The van der Waals surface area contributed by atoms with Crippen LogP contribution in [-0.4, -0.2) is 31.9 Å². The highest BCUT2D eigenvalue weighted by molar-refractivity contribution is 7.89. The Morgan fingerprint density at radius 3 is 2.74 bits per heavy atom. The summed E-state index contributed by atoms with van der Waals surface area (Å²) in [6, 6.07) is 5.02. The van der Waals surface area contributed by atoms with Gasteiger partial charge in [-0.15, -0.1) is 0 Å². The lowest BCUT2D eigenvalue weighted by molar-refractivity contribution is 0.250. The van der Waals surface area contributed by atoms with Gasteiger partial charge in [0.2, 0.25) is 10.0 Å². The smallest absolute Gasteiger partial charge is 0.243 e. The molecule has 2 unspecified atom stereocenters. The number of piperidine rings is 1. The third-order valence-electron chi connectivity index (χ3n) is 3.70. The van der Waals surface area contributed by atoms with Gasteiger partial charge in [0.1, 0.15) is 0 Å². The summed E-state index contributed by atoms with van der Waals surface area (Å²) in [6.07, 6.45) is 0.694. The molecule has 1 aromatic carbocycles. The highest BCUT2D eigenvalue weighted by atomic mass is 35.5. The van der Waals surface area contributed by atoms with Gasteiger partial charge < -0.3 is 5.73 Å². The minimum Gasteiger partial charge on any atom is -0.327 e. The van der Waals surface area contributed by atoms with Crippen molar-refractivity contribution in [2.45, 2.75) is 31.2 Å². The summed E-state index contributed by atoms with van der Waals surface area (Å²) in [6.45, 7) is 4.70. The van der Waals surface area contributed by atoms with Gasteiger partial charge in [0.15, 0.2) is 0 Å². The van der Waals surface area contributed by atoms with Crippen LogP contribution in [-0.2, 0) is 10.0 Å². The molecule has 0 aliphatic carbocycles. The van der Waals surface area contributed by atoms with E-state index in [0.29, 0.717) is 35.0 Å². The van der Waals surface area contributed by atoms with Crippen molar-refractivity contribution in [1.82, 2.24) is 4.31 Å². The van der Waals surface area contributed by atoms with Gasteiger partial charge in [0.25, 0.3) is 0 Å². The Labute approximate surface area is 119 Å². The maximum Gasteiger partial charge on any atom is 0.243 e. The minimum atomic E-state index is -3.48. The third-order valence-corrected chi connectivity index (χ3v) is 5.94. The van der Waals surface area contributed by atoms with Crippen LogP contribution in [0.2, 0.25) is 5.02 Å². The van der Waals surface area contributed by atoms with Gasteiger partial charge >= 0.3 is 0 Å². The van der Waals surface area contributed by atoms with Crippen LogP contribution in [0.15, 0.2) is 23.1 Å². The number of aryl methyl sites for hydroxylation is 1. The number of halogens is 1. The summed E-state index contributed by atoms with van der Waals surface area (Å²) in [5.74, 6) is 0.169. The Kier molecular flexibility index (Phi) is 4.20. The molecule has 0 aromatic heterocycles. The average Bonchev–Trinajstić information content (AvgIpc) is 2.35. The summed E-state index contributed by atoms with van der Waals surface area (Å²) in [5, 5.41) is 0.436. The highest BCUT2D eigenvalue weighted by Crippen LogP contribution is 2.27. The quantitative estimate of drug-likeness (QED) is 0.909. The molecule has 0 spiro atoms. The first-order valence-corrected chi connectivity index (χ1v) is 8.16. The van der Waals surface area contributed by atoms with E-state index in [1.807, 2.05) is 6.92 Å². The lowest BCUT2D eigenvalue weighted by atomic mass is 9.96. The Morgan fingerprint density at radius 2 is 2.11 bits per heavy atom. The molecule has 19 heavy (non-hydrogen) atoms. The molecule has 6 heteroatoms. The SMILES string of the molecule is Cc1ccc(Cl)cc1S(=O)(=O)N1CCC(N)C(C)C1. The lowest BCUT2D eigenvalue weighted by Crippen LogP contribution is -2.48. The first-order chi connectivity index (χ1) is 8.82. The molecule has 0 saturated carbocycles.